The summed E-state index contributed by atoms with van der Waals surface area (Å²) < 4.78 is 11.9. The van der Waals surface area contributed by atoms with Gasteiger partial charge >= 0.3 is 7.15 Å². The highest BCUT2D eigenvalue weighted by atomic mass is 32.7. The molecule has 0 N–H and O–H groups in total. The molecule has 1 aromatic heterocycles. The van der Waals surface area contributed by atoms with Gasteiger partial charge in [-0.25, -0.2) is 4.98 Å². The topological polar surface area (TPSA) is 34.9 Å². The van der Waals surface area contributed by atoms with Crippen molar-refractivity contribution in [2.24, 2.45) is 0 Å². The molecule has 1 atom stereocenters. The lowest BCUT2D eigenvalue weighted by atomic mass is 11.0. The number of thiol groups is 1. The summed E-state index contributed by atoms with van der Waals surface area (Å²) in [5.41, 5.74) is 0. The second kappa shape index (κ2) is 2.29. The molecule has 0 aliphatic carbocycles. The summed E-state index contributed by atoms with van der Waals surface area (Å²) in [6.45, 7) is 0. The summed E-state index contributed by atoms with van der Waals surface area (Å²) in [5.74, 6) is 0. The molecule has 42 valence electrons. The molecule has 0 aliphatic rings. The van der Waals surface area contributed by atoms with Crippen LogP contribution in [0.2, 0.25) is 0 Å². The minimum absolute atomic E-state index is 1.43. The molecule has 8 heavy (non-hydrogen) atoms. The minimum Gasteiger partial charge on any atom is -0.241 e. The number of rotatable bonds is 1. The van der Waals surface area contributed by atoms with Crippen molar-refractivity contribution < 1.29 is 4.57 Å². The first-order valence-electron chi connectivity index (χ1n) is 1.95. The Balaban J connectivity index is 2.93. The highest BCUT2D eigenvalue weighted by Crippen LogP contribution is 2.26. The first-order chi connectivity index (χ1) is 3.80. The predicted molar refractivity (Wildman–Crippen MR) is 34.2 cm³/mol. The molecular weight excluding hydrogens is 143 g/mol. The Labute approximate surface area is 52.7 Å². The third-order valence-electron chi connectivity index (χ3n) is 0.688. The van der Waals surface area contributed by atoms with Crippen LogP contribution >= 0.6 is 19.4 Å². The van der Waals surface area contributed by atoms with Crippen molar-refractivity contribution >= 4 is 19.4 Å². The van der Waals surface area contributed by atoms with Crippen molar-refractivity contribution in [1.82, 2.24) is 9.32 Å². The standard InChI is InChI=1S/C3H3N2OPS/c6-7(8)5-2-1-4-3-5/h1-3H/p+1. The zero-order valence-corrected chi connectivity index (χ0v) is 5.72. The molecule has 0 spiro atoms. The third kappa shape index (κ3) is 1.08. The van der Waals surface area contributed by atoms with E-state index in [1.807, 2.05) is 0 Å². The summed E-state index contributed by atoms with van der Waals surface area (Å²) in [5, 5.41) is 0. The van der Waals surface area contributed by atoms with Crippen LogP contribution in [-0.2, 0) is 4.57 Å². The summed E-state index contributed by atoms with van der Waals surface area (Å²) in [4.78, 5) is 3.67. The van der Waals surface area contributed by atoms with Gasteiger partial charge in [0, 0.05) is 6.20 Å². The Morgan fingerprint density at radius 2 is 2.50 bits per heavy atom. The van der Waals surface area contributed by atoms with Crippen molar-refractivity contribution in [2.75, 3.05) is 0 Å². The summed E-state index contributed by atoms with van der Waals surface area (Å²) >= 11 is 3.69. The highest BCUT2D eigenvalue weighted by molar-refractivity contribution is 8.40. The second-order valence-corrected chi connectivity index (χ2v) is 3.19. The van der Waals surface area contributed by atoms with Gasteiger partial charge in [0.05, 0.1) is 6.20 Å². The molecule has 1 heterocycles. The largest absolute Gasteiger partial charge is 0.539 e. The van der Waals surface area contributed by atoms with E-state index < -0.39 is 7.15 Å². The number of imidazole rings is 1. The lowest BCUT2D eigenvalue weighted by molar-refractivity contribution is 0.592. The lowest BCUT2D eigenvalue weighted by Gasteiger charge is -1.70. The Bertz CT molecular complexity index is 185. The van der Waals surface area contributed by atoms with Gasteiger partial charge < -0.3 is 0 Å². The second-order valence-electron chi connectivity index (χ2n) is 1.20. The van der Waals surface area contributed by atoms with Gasteiger partial charge in [0.25, 0.3) is 0 Å². The maximum absolute atomic E-state index is 10.4. The van der Waals surface area contributed by atoms with E-state index in [4.69, 9.17) is 0 Å². The van der Waals surface area contributed by atoms with Crippen LogP contribution in [0.5, 0.6) is 0 Å². The van der Waals surface area contributed by atoms with Crippen LogP contribution in [0.3, 0.4) is 0 Å². The molecular formula is C3H4N2OPS+. The van der Waals surface area contributed by atoms with Gasteiger partial charge in [-0.15, -0.1) is 4.34 Å². The van der Waals surface area contributed by atoms with Crippen molar-refractivity contribution in [3.8, 4) is 0 Å². The summed E-state index contributed by atoms with van der Waals surface area (Å²) in [6, 6.07) is 0. The fraction of sp³-hybridized carbons (Fsp3) is 0. The average Bonchev–Trinajstić information content (AvgIpc) is 2.12. The molecule has 1 rings (SSSR count). The van der Waals surface area contributed by atoms with Crippen LogP contribution in [0, 0.1) is 0 Å². The maximum atomic E-state index is 10.4. The van der Waals surface area contributed by atoms with Crippen LogP contribution in [0.15, 0.2) is 18.7 Å². The molecule has 0 radical (unpaired) electrons. The van der Waals surface area contributed by atoms with Gasteiger partial charge in [-0.05, 0) is 4.57 Å². The van der Waals surface area contributed by atoms with E-state index >= 15 is 0 Å². The van der Waals surface area contributed by atoms with Crippen LogP contribution in [0.1, 0.15) is 0 Å². The van der Waals surface area contributed by atoms with Gasteiger partial charge in [-0.3, -0.25) is 0 Å². The van der Waals surface area contributed by atoms with E-state index in [-0.39, 0.29) is 0 Å². The van der Waals surface area contributed by atoms with Crippen LogP contribution in [0.4, 0.5) is 0 Å². The molecule has 0 amide bonds. The normalized spacial score (nSPS) is 11.4. The monoisotopic (exact) mass is 147 g/mol. The van der Waals surface area contributed by atoms with E-state index in [0.29, 0.717) is 0 Å². The molecule has 3 nitrogen and oxygen atoms in total. The Morgan fingerprint density at radius 3 is 2.75 bits per heavy atom. The zero-order valence-electron chi connectivity index (χ0n) is 3.93. The molecule has 0 saturated carbocycles. The SMILES string of the molecule is O=[P+](S)n1ccnc1. The Kier molecular flexibility index (Phi) is 1.65. The number of nitrogens with zero attached hydrogens (tertiary/aromatic N) is 2. The zero-order chi connectivity index (χ0) is 5.98. The Hall–Kier alpha value is -0.340. The van der Waals surface area contributed by atoms with Crippen LogP contribution in [-0.4, -0.2) is 9.32 Å². The maximum Gasteiger partial charge on any atom is 0.539 e. The minimum atomic E-state index is -1.56. The molecule has 5 heteroatoms. The van der Waals surface area contributed by atoms with E-state index in [2.05, 4.69) is 17.2 Å². The first-order valence-corrected chi connectivity index (χ1v) is 4.31. The fourth-order valence-corrected chi connectivity index (χ4v) is 0.992. The van der Waals surface area contributed by atoms with Crippen molar-refractivity contribution in [1.29, 1.82) is 0 Å². The van der Waals surface area contributed by atoms with Gasteiger partial charge in [0.15, 0.2) is 0 Å². The molecule has 0 aromatic carbocycles. The molecule has 0 saturated heterocycles. The van der Waals surface area contributed by atoms with Gasteiger partial charge in [-0.2, -0.15) is 0 Å². The molecule has 0 bridgehead atoms. The highest BCUT2D eigenvalue weighted by Gasteiger charge is 2.08. The van der Waals surface area contributed by atoms with Crippen LogP contribution < -0.4 is 0 Å². The van der Waals surface area contributed by atoms with Gasteiger partial charge in [0.1, 0.15) is 18.6 Å². The third-order valence-corrected chi connectivity index (χ3v) is 1.94. The first kappa shape index (κ1) is 5.79. The van der Waals surface area contributed by atoms with Crippen molar-refractivity contribution in [2.45, 2.75) is 0 Å². The summed E-state index contributed by atoms with van der Waals surface area (Å²) in [6.07, 6.45) is 4.63. The number of hydrogen-bond donors (Lipinski definition) is 1. The van der Waals surface area contributed by atoms with E-state index in [9.17, 15) is 4.57 Å². The average molecular weight is 147 g/mol. The van der Waals surface area contributed by atoms with Gasteiger partial charge in [0.2, 0.25) is 0 Å². The molecule has 1 aromatic rings. The summed E-state index contributed by atoms with van der Waals surface area (Å²) in [7, 11) is -1.56. The Morgan fingerprint density at radius 1 is 1.75 bits per heavy atom. The quantitative estimate of drug-likeness (QED) is 0.480. The fourth-order valence-electron chi connectivity index (χ4n) is 0.353. The van der Waals surface area contributed by atoms with Gasteiger partial charge in [-0.1, -0.05) is 0 Å². The molecule has 1 unspecified atom stereocenters. The number of hydrogen-bond acceptors (Lipinski definition) is 2. The van der Waals surface area contributed by atoms with Crippen molar-refractivity contribution in [3.05, 3.63) is 18.7 Å². The van der Waals surface area contributed by atoms with Crippen molar-refractivity contribution in [3.63, 3.8) is 0 Å². The lowest BCUT2D eigenvalue weighted by Crippen LogP contribution is -1.71. The van der Waals surface area contributed by atoms with E-state index in [1.54, 1.807) is 12.4 Å². The molecule has 0 fully saturated rings. The van der Waals surface area contributed by atoms with E-state index in [1.165, 1.54) is 10.7 Å². The van der Waals surface area contributed by atoms with Crippen LogP contribution in [0.25, 0.3) is 0 Å². The van der Waals surface area contributed by atoms with E-state index in [0.717, 1.165) is 0 Å². The predicted octanol–water partition coefficient (Wildman–Crippen LogP) is 1.32. The smallest absolute Gasteiger partial charge is 0.241 e. The number of aromatic nitrogens is 2. The molecule has 0 aliphatic heterocycles.